The van der Waals surface area contributed by atoms with Gasteiger partial charge >= 0.3 is 6.18 Å². The Morgan fingerprint density at radius 3 is 2.53 bits per heavy atom. The van der Waals surface area contributed by atoms with Gasteiger partial charge in [0.05, 0.1) is 35.3 Å². The van der Waals surface area contributed by atoms with Crippen molar-refractivity contribution in [1.82, 2.24) is 4.98 Å². The van der Waals surface area contributed by atoms with Crippen LogP contribution in [-0.2, 0) is 11.0 Å². The molecule has 8 heteroatoms. The van der Waals surface area contributed by atoms with Crippen molar-refractivity contribution in [2.45, 2.75) is 37.5 Å². The van der Waals surface area contributed by atoms with Gasteiger partial charge in [0.1, 0.15) is 5.75 Å². The summed E-state index contributed by atoms with van der Waals surface area (Å²) in [5.41, 5.74) is 1.76. The summed E-state index contributed by atoms with van der Waals surface area (Å²) in [6, 6.07) is 13.0. The third-order valence-electron chi connectivity index (χ3n) is 6.31. The Kier molecular flexibility index (Phi) is 4.85. The third-order valence-corrected chi connectivity index (χ3v) is 6.31. The summed E-state index contributed by atoms with van der Waals surface area (Å²) in [5, 5.41) is 12.6. The highest BCUT2D eigenvalue weighted by Gasteiger charge is 2.43. The largest absolute Gasteiger partial charge is 0.490 e. The normalized spacial score (nSPS) is 24.4. The van der Waals surface area contributed by atoms with Gasteiger partial charge in [0.2, 0.25) is 5.91 Å². The molecular weight excluding hydrogens is 419 g/mol. The summed E-state index contributed by atoms with van der Waals surface area (Å²) < 4.78 is 44.2. The first-order valence-corrected chi connectivity index (χ1v) is 10.5. The summed E-state index contributed by atoms with van der Waals surface area (Å²) >= 11 is 0. The number of hydrogen-bond acceptors (Lipinski definition) is 3. The highest BCUT2D eigenvalue weighted by Crippen LogP contribution is 2.41. The van der Waals surface area contributed by atoms with Crippen molar-refractivity contribution in [1.29, 1.82) is 5.26 Å². The summed E-state index contributed by atoms with van der Waals surface area (Å²) in [7, 11) is 0. The molecule has 2 fully saturated rings. The van der Waals surface area contributed by atoms with Gasteiger partial charge < -0.3 is 15.0 Å². The molecule has 0 saturated heterocycles. The van der Waals surface area contributed by atoms with Crippen molar-refractivity contribution in [3.05, 3.63) is 59.8 Å². The van der Waals surface area contributed by atoms with E-state index in [4.69, 9.17) is 10.00 Å². The summed E-state index contributed by atoms with van der Waals surface area (Å²) in [6.07, 6.45) is -0.551. The van der Waals surface area contributed by atoms with Gasteiger partial charge in [0, 0.05) is 17.1 Å². The zero-order chi connectivity index (χ0) is 22.5. The maximum Gasteiger partial charge on any atom is 0.416 e. The number of anilines is 1. The number of aromatic amines is 1. The smallest absolute Gasteiger partial charge is 0.416 e. The number of nitrogens with zero attached hydrogens (tertiary/aromatic N) is 1. The number of aromatic nitrogens is 1. The van der Waals surface area contributed by atoms with Gasteiger partial charge in [0.25, 0.3) is 0 Å². The van der Waals surface area contributed by atoms with E-state index in [1.165, 1.54) is 0 Å². The number of hydrogen-bond donors (Lipinski definition) is 2. The number of carbonyl (C=O) groups is 1. The zero-order valence-electron chi connectivity index (χ0n) is 16.9. The number of halogens is 3. The molecule has 5 nitrogen and oxygen atoms in total. The molecule has 2 atom stereocenters. The predicted molar refractivity (Wildman–Crippen MR) is 112 cm³/mol. The number of nitriles is 1. The molecule has 0 radical (unpaired) electrons. The van der Waals surface area contributed by atoms with Crippen LogP contribution in [0.3, 0.4) is 0 Å². The van der Waals surface area contributed by atoms with E-state index in [-0.39, 0.29) is 29.8 Å². The summed E-state index contributed by atoms with van der Waals surface area (Å²) in [5.74, 6) is 0.253. The van der Waals surface area contributed by atoms with E-state index < -0.39 is 11.7 Å². The molecule has 2 aliphatic carbocycles. The van der Waals surface area contributed by atoms with Gasteiger partial charge in [0.15, 0.2) is 0 Å². The van der Waals surface area contributed by atoms with Crippen LogP contribution in [0.4, 0.5) is 18.9 Å². The van der Waals surface area contributed by atoms with Crippen LogP contribution in [0.2, 0.25) is 0 Å². The van der Waals surface area contributed by atoms with Crippen molar-refractivity contribution in [2.24, 2.45) is 11.8 Å². The Bertz CT molecular complexity index is 1200. The molecule has 3 aromatic rings. The molecule has 0 bridgehead atoms. The Morgan fingerprint density at radius 1 is 1.12 bits per heavy atom. The molecule has 32 heavy (non-hydrogen) atoms. The predicted octanol–water partition coefficient (Wildman–Crippen LogP) is 5.61. The number of alkyl halides is 3. The first kappa shape index (κ1) is 20.4. The third kappa shape index (κ3) is 3.91. The molecule has 2 N–H and O–H groups in total. The fourth-order valence-corrected chi connectivity index (χ4v) is 4.20. The number of nitrogens with one attached hydrogen (secondary N) is 2. The van der Waals surface area contributed by atoms with Crippen LogP contribution in [0.5, 0.6) is 5.75 Å². The average Bonchev–Trinajstić information content (AvgIpc) is 3.44. The van der Waals surface area contributed by atoms with Crippen LogP contribution in [0.25, 0.3) is 10.9 Å². The topological polar surface area (TPSA) is 77.9 Å². The SMILES string of the molecule is N#C[C@H]1C[C@H]1C(=O)Nc1c[nH]c2ccc(OC3CC(c4ccc(C(F)(F)F)cc4)C3)cc12. The number of carbonyl (C=O) groups excluding carboxylic acids is 1. The quantitative estimate of drug-likeness (QED) is 0.542. The Hall–Kier alpha value is -3.47. The van der Waals surface area contributed by atoms with Gasteiger partial charge in [-0.2, -0.15) is 18.4 Å². The second-order valence-corrected chi connectivity index (χ2v) is 8.50. The lowest BCUT2D eigenvalue weighted by molar-refractivity contribution is -0.137. The zero-order valence-corrected chi connectivity index (χ0v) is 16.9. The fourth-order valence-electron chi connectivity index (χ4n) is 4.20. The van der Waals surface area contributed by atoms with Gasteiger partial charge in [-0.15, -0.1) is 0 Å². The fraction of sp³-hybridized carbons (Fsp3) is 0.333. The molecule has 2 aromatic carbocycles. The van der Waals surface area contributed by atoms with Crippen LogP contribution in [0.1, 0.15) is 36.3 Å². The molecule has 1 amide bonds. The van der Waals surface area contributed by atoms with E-state index in [0.29, 0.717) is 17.9 Å². The average molecular weight is 439 g/mol. The highest BCUT2D eigenvalue weighted by molar-refractivity contribution is 6.03. The number of amides is 1. The van der Waals surface area contributed by atoms with Crippen molar-refractivity contribution >= 4 is 22.5 Å². The molecule has 164 valence electrons. The minimum atomic E-state index is -4.32. The number of benzene rings is 2. The van der Waals surface area contributed by atoms with Crippen LogP contribution >= 0.6 is 0 Å². The lowest BCUT2D eigenvalue weighted by Crippen LogP contribution is -2.32. The lowest BCUT2D eigenvalue weighted by atomic mass is 9.77. The first-order valence-electron chi connectivity index (χ1n) is 10.5. The summed E-state index contributed by atoms with van der Waals surface area (Å²) in [4.78, 5) is 15.4. The van der Waals surface area contributed by atoms with Crippen LogP contribution < -0.4 is 10.1 Å². The van der Waals surface area contributed by atoms with E-state index >= 15 is 0 Å². The maximum atomic E-state index is 12.7. The van der Waals surface area contributed by atoms with Gasteiger partial charge in [-0.25, -0.2) is 0 Å². The number of rotatable bonds is 5. The van der Waals surface area contributed by atoms with Gasteiger partial charge in [-0.1, -0.05) is 12.1 Å². The molecule has 0 unspecified atom stereocenters. The molecule has 1 aromatic heterocycles. The Labute approximate surface area is 182 Å². The van der Waals surface area contributed by atoms with Crippen LogP contribution in [0, 0.1) is 23.2 Å². The molecular formula is C24H20F3N3O2. The number of ether oxygens (including phenoxy) is 1. The Balaban J connectivity index is 1.21. The van der Waals surface area contributed by atoms with E-state index in [1.54, 1.807) is 18.3 Å². The van der Waals surface area contributed by atoms with E-state index in [9.17, 15) is 18.0 Å². The van der Waals surface area contributed by atoms with Crippen molar-refractivity contribution in [3.8, 4) is 11.8 Å². The minimum absolute atomic E-state index is 0.0143. The molecule has 1 heterocycles. The summed E-state index contributed by atoms with van der Waals surface area (Å²) in [6.45, 7) is 0. The van der Waals surface area contributed by atoms with Crippen molar-refractivity contribution in [2.75, 3.05) is 5.32 Å². The minimum Gasteiger partial charge on any atom is -0.490 e. The molecule has 5 rings (SSSR count). The van der Waals surface area contributed by atoms with Crippen LogP contribution in [0.15, 0.2) is 48.7 Å². The van der Waals surface area contributed by atoms with Gasteiger partial charge in [-0.3, -0.25) is 4.79 Å². The molecule has 2 aliphatic rings. The maximum absolute atomic E-state index is 12.7. The van der Waals surface area contributed by atoms with E-state index in [1.807, 2.05) is 18.2 Å². The first-order chi connectivity index (χ1) is 15.3. The second-order valence-electron chi connectivity index (χ2n) is 8.50. The van der Waals surface area contributed by atoms with Crippen molar-refractivity contribution in [3.63, 3.8) is 0 Å². The Morgan fingerprint density at radius 2 is 1.88 bits per heavy atom. The lowest BCUT2D eigenvalue weighted by Gasteiger charge is -2.35. The molecule has 2 saturated carbocycles. The standard InChI is InChI=1S/C24H20F3N3O2/c25-24(26,27)16-3-1-13(2-4-16)14-7-18(8-14)32-17-5-6-21-20(10-17)22(12-29-21)30-23(31)19-9-15(19)11-28/h1-6,10,12,14-15,18-19,29H,7-9H2,(H,30,31)/t14?,15-,18?,19-/m1/s1. The van der Waals surface area contributed by atoms with Gasteiger partial charge in [-0.05, 0) is 61.1 Å². The second kappa shape index (κ2) is 7.59. The number of fused-ring (bicyclic) bond motifs is 1. The highest BCUT2D eigenvalue weighted by atomic mass is 19.4. The molecule has 0 spiro atoms. The molecule has 0 aliphatic heterocycles. The van der Waals surface area contributed by atoms with Crippen molar-refractivity contribution < 1.29 is 22.7 Å². The number of H-pyrrole nitrogens is 1. The van der Waals surface area contributed by atoms with Crippen LogP contribution in [-0.4, -0.2) is 17.0 Å². The monoisotopic (exact) mass is 439 g/mol. The van der Waals surface area contributed by atoms with E-state index in [0.717, 1.165) is 41.4 Å². The van der Waals surface area contributed by atoms with E-state index in [2.05, 4.69) is 16.4 Å².